The highest BCUT2D eigenvalue weighted by molar-refractivity contribution is 5.77. The van der Waals surface area contributed by atoms with Crippen molar-refractivity contribution in [3.05, 3.63) is 34.9 Å². The molecule has 2 heterocycles. The van der Waals surface area contributed by atoms with E-state index in [4.69, 9.17) is 0 Å². The van der Waals surface area contributed by atoms with Crippen molar-refractivity contribution in [3.8, 4) is 0 Å². The van der Waals surface area contributed by atoms with E-state index in [-0.39, 0.29) is 17.5 Å². The highest BCUT2D eigenvalue weighted by Crippen LogP contribution is 2.20. The van der Waals surface area contributed by atoms with Gasteiger partial charge in [-0.25, -0.2) is 4.98 Å². The molecule has 6 heteroatoms. The first-order valence-corrected chi connectivity index (χ1v) is 7.97. The number of nitrogens with one attached hydrogen (secondary N) is 2. The normalized spacial score (nSPS) is 24.5. The van der Waals surface area contributed by atoms with Crippen molar-refractivity contribution in [2.75, 3.05) is 18.0 Å². The number of aromatic amines is 1. The molecule has 1 aliphatic heterocycles. The molecule has 0 aromatic carbocycles. The number of allylic oxidation sites excluding steroid dienone is 2. The summed E-state index contributed by atoms with van der Waals surface area (Å²) >= 11 is 0. The van der Waals surface area contributed by atoms with Crippen LogP contribution in [0.2, 0.25) is 0 Å². The van der Waals surface area contributed by atoms with Crippen LogP contribution in [-0.4, -0.2) is 35.0 Å². The number of aromatic nitrogens is 2. The first-order chi connectivity index (χ1) is 10.7. The van der Waals surface area contributed by atoms with Crippen LogP contribution in [0.4, 0.5) is 5.82 Å². The third-order valence-corrected chi connectivity index (χ3v) is 4.33. The number of carbonyl (C=O) groups is 1. The first kappa shape index (κ1) is 14.8. The summed E-state index contributed by atoms with van der Waals surface area (Å²) in [7, 11) is 0. The monoisotopic (exact) mass is 302 g/mol. The van der Waals surface area contributed by atoms with Crippen LogP contribution in [0.5, 0.6) is 0 Å². The lowest BCUT2D eigenvalue weighted by atomic mass is 10.0. The van der Waals surface area contributed by atoms with Gasteiger partial charge in [-0.15, -0.1) is 0 Å². The van der Waals surface area contributed by atoms with Crippen molar-refractivity contribution < 1.29 is 4.79 Å². The number of carbonyl (C=O) groups excluding carboxylic acids is 1. The van der Waals surface area contributed by atoms with Gasteiger partial charge in [0.15, 0.2) is 5.82 Å². The average molecular weight is 302 g/mol. The van der Waals surface area contributed by atoms with E-state index in [9.17, 15) is 9.59 Å². The molecule has 2 aliphatic rings. The van der Waals surface area contributed by atoms with Crippen LogP contribution in [-0.2, 0) is 4.79 Å². The second-order valence-corrected chi connectivity index (χ2v) is 6.06. The van der Waals surface area contributed by atoms with Gasteiger partial charge in [0, 0.05) is 37.9 Å². The maximum atomic E-state index is 12.1. The zero-order valence-electron chi connectivity index (χ0n) is 12.6. The summed E-state index contributed by atoms with van der Waals surface area (Å²) in [6, 6.07) is 0.0908. The molecule has 0 spiro atoms. The number of anilines is 1. The minimum atomic E-state index is -0.175. The topological polar surface area (TPSA) is 78.1 Å². The quantitative estimate of drug-likeness (QED) is 0.820. The Bertz CT molecular complexity index is 610. The molecule has 1 fully saturated rings. The Morgan fingerprint density at radius 2 is 2.36 bits per heavy atom. The van der Waals surface area contributed by atoms with Gasteiger partial charge in [0.05, 0.1) is 0 Å². The first-order valence-electron chi connectivity index (χ1n) is 7.97. The number of hydrogen-bond acceptors (Lipinski definition) is 4. The van der Waals surface area contributed by atoms with E-state index in [1.807, 2.05) is 4.90 Å². The van der Waals surface area contributed by atoms with E-state index < -0.39 is 0 Å². The molecule has 1 saturated heterocycles. The van der Waals surface area contributed by atoms with E-state index in [0.29, 0.717) is 24.7 Å². The van der Waals surface area contributed by atoms with Crippen molar-refractivity contribution in [1.29, 1.82) is 0 Å². The summed E-state index contributed by atoms with van der Waals surface area (Å²) in [4.78, 5) is 32.7. The lowest BCUT2D eigenvalue weighted by Crippen LogP contribution is -2.49. The molecule has 1 aromatic rings. The predicted molar refractivity (Wildman–Crippen MR) is 84.7 cm³/mol. The van der Waals surface area contributed by atoms with Gasteiger partial charge >= 0.3 is 0 Å². The van der Waals surface area contributed by atoms with Crippen LogP contribution in [0.25, 0.3) is 0 Å². The van der Waals surface area contributed by atoms with Gasteiger partial charge in [-0.1, -0.05) is 12.2 Å². The summed E-state index contributed by atoms with van der Waals surface area (Å²) in [5, 5.41) is 3.11. The van der Waals surface area contributed by atoms with E-state index in [1.165, 1.54) is 6.20 Å². The molecule has 2 N–H and O–H groups in total. The number of rotatable bonds is 4. The Morgan fingerprint density at radius 1 is 1.45 bits per heavy atom. The third kappa shape index (κ3) is 3.55. The largest absolute Gasteiger partial charge is 0.352 e. The number of nitrogens with zero attached hydrogens (tertiary/aromatic N) is 2. The highest BCUT2D eigenvalue weighted by atomic mass is 16.1. The SMILES string of the molecule is O=C(CC1C=CCC1)NC1CCCN(c2ncc[nH]c2=O)C1. The van der Waals surface area contributed by atoms with Crippen molar-refractivity contribution in [2.24, 2.45) is 5.92 Å². The van der Waals surface area contributed by atoms with E-state index >= 15 is 0 Å². The van der Waals surface area contributed by atoms with Gasteiger partial charge in [0.1, 0.15) is 0 Å². The van der Waals surface area contributed by atoms with Crippen LogP contribution >= 0.6 is 0 Å². The summed E-state index contributed by atoms with van der Waals surface area (Å²) in [5.74, 6) is 0.942. The molecule has 0 saturated carbocycles. The molecular formula is C16H22N4O2. The predicted octanol–water partition coefficient (Wildman–Crippen LogP) is 1.21. The molecule has 118 valence electrons. The molecule has 3 rings (SSSR count). The van der Waals surface area contributed by atoms with Gasteiger partial charge in [0.2, 0.25) is 5.91 Å². The second-order valence-electron chi connectivity index (χ2n) is 6.06. The minimum Gasteiger partial charge on any atom is -0.352 e. The van der Waals surface area contributed by atoms with E-state index in [2.05, 4.69) is 27.4 Å². The Kier molecular flexibility index (Phi) is 4.56. The fourth-order valence-corrected chi connectivity index (χ4v) is 3.25. The number of H-pyrrole nitrogens is 1. The lowest BCUT2D eigenvalue weighted by molar-refractivity contribution is -0.122. The third-order valence-electron chi connectivity index (χ3n) is 4.33. The maximum Gasteiger partial charge on any atom is 0.290 e. The Balaban J connectivity index is 1.56. The molecule has 6 nitrogen and oxygen atoms in total. The molecule has 2 atom stereocenters. The van der Waals surface area contributed by atoms with Crippen LogP contribution in [0.3, 0.4) is 0 Å². The average Bonchev–Trinajstić information content (AvgIpc) is 3.00. The van der Waals surface area contributed by atoms with Crippen molar-refractivity contribution in [1.82, 2.24) is 15.3 Å². The van der Waals surface area contributed by atoms with Crippen molar-refractivity contribution in [3.63, 3.8) is 0 Å². The summed E-state index contributed by atoms with van der Waals surface area (Å²) in [5.41, 5.74) is -0.175. The zero-order valence-corrected chi connectivity index (χ0v) is 12.6. The molecule has 22 heavy (non-hydrogen) atoms. The van der Waals surface area contributed by atoms with Gasteiger partial charge < -0.3 is 15.2 Å². The number of amides is 1. The molecule has 0 radical (unpaired) electrons. The van der Waals surface area contributed by atoms with Crippen LogP contribution < -0.4 is 15.8 Å². The van der Waals surface area contributed by atoms with Gasteiger partial charge in [-0.2, -0.15) is 0 Å². The molecule has 0 bridgehead atoms. The van der Waals surface area contributed by atoms with Crippen LogP contribution in [0, 0.1) is 5.92 Å². The minimum absolute atomic E-state index is 0.0908. The summed E-state index contributed by atoms with van der Waals surface area (Å²) < 4.78 is 0. The number of piperidine rings is 1. The molecular weight excluding hydrogens is 280 g/mol. The standard InChI is InChI=1S/C16H22N4O2/c21-14(10-12-4-1-2-5-12)19-13-6-3-9-20(11-13)15-16(22)18-8-7-17-15/h1,4,7-8,12-13H,2-3,5-6,9-11H2,(H,18,22)(H,19,21). The zero-order chi connectivity index (χ0) is 15.4. The second kappa shape index (κ2) is 6.77. The van der Waals surface area contributed by atoms with E-state index in [0.717, 1.165) is 32.2 Å². The van der Waals surface area contributed by atoms with Gasteiger partial charge in [0.25, 0.3) is 5.56 Å². The smallest absolute Gasteiger partial charge is 0.290 e. The molecule has 2 unspecified atom stereocenters. The van der Waals surface area contributed by atoms with Crippen LogP contribution in [0.1, 0.15) is 32.1 Å². The Labute approximate surface area is 129 Å². The lowest BCUT2D eigenvalue weighted by Gasteiger charge is -2.33. The van der Waals surface area contributed by atoms with Crippen molar-refractivity contribution in [2.45, 2.75) is 38.1 Å². The Hall–Kier alpha value is -2.11. The fourth-order valence-electron chi connectivity index (χ4n) is 3.25. The molecule has 1 aliphatic carbocycles. The van der Waals surface area contributed by atoms with Gasteiger partial charge in [-0.3, -0.25) is 9.59 Å². The van der Waals surface area contributed by atoms with Crippen molar-refractivity contribution >= 4 is 11.7 Å². The highest BCUT2D eigenvalue weighted by Gasteiger charge is 2.24. The molecule has 1 aromatic heterocycles. The summed E-state index contributed by atoms with van der Waals surface area (Å²) in [6.07, 6.45) is 12.0. The fraction of sp³-hybridized carbons (Fsp3) is 0.562. The van der Waals surface area contributed by atoms with Crippen LogP contribution in [0.15, 0.2) is 29.3 Å². The maximum absolute atomic E-state index is 12.1. The molecule has 1 amide bonds. The van der Waals surface area contributed by atoms with E-state index in [1.54, 1.807) is 6.20 Å². The summed E-state index contributed by atoms with van der Waals surface area (Å²) in [6.45, 7) is 1.45. The number of hydrogen-bond donors (Lipinski definition) is 2. The van der Waals surface area contributed by atoms with Gasteiger partial charge in [-0.05, 0) is 31.6 Å². The Morgan fingerprint density at radius 3 is 3.14 bits per heavy atom.